The van der Waals surface area contributed by atoms with Crippen molar-refractivity contribution in [1.29, 1.82) is 0 Å². The standard InChI is InChI=1S/C14H21F2N7O3/c15-14(16,4-17)1-2-19-3-7-9(24)10(25)13(26-7)23-6-22-8-11(18)20-5-21-12(8)23/h5-7,9-10,13,19,24-25H,1-4,17H2,(H2,18,20,21)/t7-,9-,10-,13-/m1/s1. The van der Waals surface area contributed by atoms with E-state index in [9.17, 15) is 19.0 Å². The van der Waals surface area contributed by atoms with E-state index in [1.165, 1.54) is 17.2 Å². The van der Waals surface area contributed by atoms with Gasteiger partial charge in [-0.25, -0.2) is 23.7 Å². The molecule has 144 valence electrons. The number of aromatic nitrogens is 4. The molecule has 1 aliphatic heterocycles. The Bertz CT molecular complexity index is 759. The van der Waals surface area contributed by atoms with Crippen molar-refractivity contribution in [1.82, 2.24) is 24.8 Å². The zero-order valence-electron chi connectivity index (χ0n) is 13.8. The van der Waals surface area contributed by atoms with Gasteiger partial charge < -0.3 is 31.7 Å². The summed E-state index contributed by atoms with van der Waals surface area (Å²) in [4.78, 5) is 12.0. The molecule has 7 N–H and O–H groups in total. The Hall–Kier alpha value is -1.99. The van der Waals surface area contributed by atoms with Crippen LogP contribution in [0.5, 0.6) is 0 Å². The lowest BCUT2D eigenvalue weighted by Crippen LogP contribution is -2.39. The van der Waals surface area contributed by atoms with Crippen molar-refractivity contribution in [2.75, 3.05) is 25.4 Å². The first-order valence-corrected chi connectivity index (χ1v) is 8.07. The van der Waals surface area contributed by atoms with Crippen LogP contribution in [0, 0.1) is 0 Å². The van der Waals surface area contributed by atoms with Crippen molar-refractivity contribution >= 4 is 17.0 Å². The number of hydrogen-bond donors (Lipinski definition) is 5. The van der Waals surface area contributed by atoms with Crippen LogP contribution in [0.4, 0.5) is 14.6 Å². The fourth-order valence-electron chi connectivity index (χ4n) is 2.80. The van der Waals surface area contributed by atoms with Crippen molar-refractivity contribution in [3.63, 3.8) is 0 Å². The molecule has 0 amide bonds. The molecule has 2 aromatic rings. The molecule has 0 aromatic carbocycles. The zero-order valence-corrected chi connectivity index (χ0v) is 13.8. The van der Waals surface area contributed by atoms with Crippen LogP contribution in [-0.2, 0) is 4.74 Å². The number of imidazole rings is 1. The van der Waals surface area contributed by atoms with Crippen LogP contribution < -0.4 is 16.8 Å². The molecule has 26 heavy (non-hydrogen) atoms. The monoisotopic (exact) mass is 373 g/mol. The predicted molar refractivity (Wildman–Crippen MR) is 87.1 cm³/mol. The number of hydrogen-bond acceptors (Lipinski definition) is 9. The fraction of sp³-hybridized carbons (Fsp3) is 0.643. The van der Waals surface area contributed by atoms with Crippen molar-refractivity contribution in [2.24, 2.45) is 5.73 Å². The van der Waals surface area contributed by atoms with E-state index in [1.807, 2.05) is 0 Å². The predicted octanol–water partition coefficient (Wildman–Crippen LogP) is -1.40. The van der Waals surface area contributed by atoms with Gasteiger partial charge in [-0.05, 0) is 0 Å². The smallest absolute Gasteiger partial charge is 0.261 e. The Morgan fingerprint density at radius 1 is 1.27 bits per heavy atom. The van der Waals surface area contributed by atoms with Gasteiger partial charge in [-0.3, -0.25) is 4.57 Å². The van der Waals surface area contributed by atoms with Crippen molar-refractivity contribution in [3.8, 4) is 0 Å². The van der Waals surface area contributed by atoms with Gasteiger partial charge in [-0.2, -0.15) is 0 Å². The minimum Gasteiger partial charge on any atom is -0.387 e. The van der Waals surface area contributed by atoms with Gasteiger partial charge in [-0.15, -0.1) is 0 Å². The SMILES string of the molecule is NCC(F)(F)CCNC[C@H]1O[C@@H](n2cnc3c(N)ncnc32)[C@H](O)[C@@H]1O. The molecule has 1 aliphatic rings. The Morgan fingerprint density at radius 3 is 2.77 bits per heavy atom. The Balaban J connectivity index is 1.65. The summed E-state index contributed by atoms with van der Waals surface area (Å²) in [5, 5.41) is 23.3. The van der Waals surface area contributed by atoms with Crippen LogP contribution in [0.2, 0.25) is 0 Å². The quantitative estimate of drug-likeness (QED) is 0.368. The third-order valence-corrected chi connectivity index (χ3v) is 4.31. The first-order valence-electron chi connectivity index (χ1n) is 8.07. The molecular weight excluding hydrogens is 352 g/mol. The van der Waals surface area contributed by atoms with E-state index in [4.69, 9.17) is 16.2 Å². The number of anilines is 1. The number of aliphatic hydroxyl groups is 2. The van der Waals surface area contributed by atoms with Crippen molar-refractivity contribution in [2.45, 2.75) is 36.9 Å². The number of nitrogens with two attached hydrogens (primary N) is 2. The van der Waals surface area contributed by atoms with E-state index in [0.29, 0.717) is 11.2 Å². The van der Waals surface area contributed by atoms with E-state index in [0.717, 1.165) is 0 Å². The maximum absolute atomic E-state index is 13.1. The highest BCUT2D eigenvalue weighted by atomic mass is 19.3. The first-order chi connectivity index (χ1) is 12.3. The maximum atomic E-state index is 13.1. The second kappa shape index (κ2) is 7.32. The minimum absolute atomic E-state index is 0.00466. The van der Waals surface area contributed by atoms with Crippen LogP contribution in [0.25, 0.3) is 11.2 Å². The summed E-state index contributed by atoms with van der Waals surface area (Å²) in [6.45, 7) is -0.648. The summed E-state index contributed by atoms with van der Waals surface area (Å²) in [6.07, 6.45) is -1.99. The van der Waals surface area contributed by atoms with Gasteiger partial charge in [0, 0.05) is 19.5 Å². The van der Waals surface area contributed by atoms with Gasteiger partial charge in [0.05, 0.1) is 12.9 Å². The van der Waals surface area contributed by atoms with E-state index in [1.54, 1.807) is 0 Å². The number of nitrogen functional groups attached to an aromatic ring is 1. The number of halogens is 2. The van der Waals surface area contributed by atoms with Crippen LogP contribution in [0.15, 0.2) is 12.7 Å². The molecule has 0 aliphatic carbocycles. The molecule has 1 fully saturated rings. The highest BCUT2D eigenvalue weighted by molar-refractivity contribution is 5.81. The number of fused-ring (bicyclic) bond motifs is 1. The summed E-state index contributed by atoms with van der Waals surface area (Å²) < 4.78 is 33.3. The highest BCUT2D eigenvalue weighted by Gasteiger charge is 2.44. The second-order valence-corrected chi connectivity index (χ2v) is 6.14. The molecule has 0 spiro atoms. The van der Waals surface area contributed by atoms with Crippen LogP contribution >= 0.6 is 0 Å². The topological polar surface area (TPSA) is 157 Å². The van der Waals surface area contributed by atoms with Gasteiger partial charge >= 0.3 is 0 Å². The van der Waals surface area contributed by atoms with Crippen molar-refractivity contribution in [3.05, 3.63) is 12.7 Å². The maximum Gasteiger partial charge on any atom is 0.261 e. The number of aliphatic hydroxyl groups excluding tert-OH is 2. The van der Waals surface area contributed by atoms with Gasteiger partial charge in [-0.1, -0.05) is 0 Å². The van der Waals surface area contributed by atoms with E-state index < -0.39 is 43.4 Å². The van der Waals surface area contributed by atoms with Crippen LogP contribution in [0.1, 0.15) is 12.6 Å². The number of rotatable bonds is 7. The third-order valence-electron chi connectivity index (χ3n) is 4.31. The van der Waals surface area contributed by atoms with Crippen LogP contribution in [-0.4, -0.2) is 73.6 Å². The first kappa shape index (κ1) is 18.8. The highest BCUT2D eigenvalue weighted by Crippen LogP contribution is 2.31. The largest absolute Gasteiger partial charge is 0.387 e. The summed E-state index contributed by atoms with van der Waals surface area (Å²) in [5.41, 5.74) is 11.4. The van der Waals surface area contributed by atoms with E-state index in [-0.39, 0.29) is 18.9 Å². The lowest BCUT2D eigenvalue weighted by Gasteiger charge is -2.17. The normalized spacial score (nSPS) is 26.7. The fourth-order valence-corrected chi connectivity index (χ4v) is 2.80. The van der Waals surface area contributed by atoms with E-state index >= 15 is 0 Å². The van der Waals surface area contributed by atoms with Crippen molar-refractivity contribution < 1.29 is 23.7 Å². The molecule has 0 saturated carbocycles. The molecule has 3 heterocycles. The molecule has 0 unspecified atom stereocenters. The summed E-state index contributed by atoms with van der Waals surface area (Å²) in [6, 6.07) is 0. The summed E-state index contributed by atoms with van der Waals surface area (Å²) in [7, 11) is 0. The number of nitrogens with zero attached hydrogens (tertiary/aromatic N) is 4. The molecule has 1 saturated heterocycles. The third kappa shape index (κ3) is 3.59. The van der Waals surface area contributed by atoms with Gasteiger partial charge in [0.15, 0.2) is 17.7 Å². The van der Waals surface area contributed by atoms with Crippen LogP contribution in [0.3, 0.4) is 0 Å². The Labute approximate surface area is 147 Å². The molecule has 0 radical (unpaired) electrons. The molecular formula is C14H21F2N7O3. The molecule has 3 rings (SSSR count). The summed E-state index contributed by atoms with van der Waals surface area (Å²) in [5.74, 6) is -2.76. The number of alkyl halides is 2. The Morgan fingerprint density at radius 2 is 2.04 bits per heavy atom. The molecule has 0 bridgehead atoms. The number of ether oxygens (including phenoxy) is 1. The average molecular weight is 373 g/mol. The van der Waals surface area contributed by atoms with Gasteiger partial charge in [0.2, 0.25) is 0 Å². The number of nitrogens with one attached hydrogen (secondary N) is 1. The van der Waals surface area contributed by atoms with Gasteiger partial charge in [0.25, 0.3) is 5.92 Å². The van der Waals surface area contributed by atoms with E-state index in [2.05, 4.69) is 20.3 Å². The minimum atomic E-state index is -2.94. The lowest BCUT2D eigenvalue weighted by atomic mass is 10.1. The lowest BCUT2D eigenvalue weighted by molar-refractivity contribution is -0.0352. The molecule has 10 nitrogen and oxygen atoms in total. The molecule has 12 heteroatoms. The Kier molecular flexibility index (Phi) is 5.29. The summed E-state index contributed by atoms with van der Waals surface area (Å²) >= 11 is 0. The van der Waals surface area contributed by atoms with Gasteiger partial charge in [0.1, 0.15) is 30.2 Å². The average Bonchev–Trinajstić information content (AvgIpc) is 3.16. The molecule has 2 aromatic heterocycles. The zero-order chi connectivity index (χ0) is 18.9. The molecule has 4 atom stereocenters. The second-order valence-electron chi connectivity index (χ2n) is 6.14.